The van der Waals surface area contributed by atoms with E-state index in [0.717, 1.165) is 26.9 Å². The number of carbonyl (C=O) groups excluding carboxylic acids is 2. The zero-order chi connectivity index (χ0) is 24.8. The summed E-state index contributed by atoms with van der Waals surface area (Å²) in [4.78, 5) is 40.6. The maximum absolute atomic E-state index is 12.8. The molecule has 2 amide bonds. The summed E-state index contributed by atoms with van der Waals surface area (Å²) in [5, 5.41) is 18.6. The molecule has 0 aliphatic heterocycles. The number of anilines is 2. The van der Waals surface area contributed by atoms with Gasteiger partial charge in [0.25, 0.3) is 0 Å². The summed E-state index contributed by atoms with van der Waals surface area (Å²) in [7, 11) is 0. The van der Waals surface area contributed by atoms with Crippen molar-refractivity contribution in [3.63, 3.8) is 0 Å². The molecule has 0 aliphatic carbocycles. The molecular formula is C26H23N3O4S2. The highest BCUT2D eigenvalue weighted by Crippen LogP contribution is 2.30. The second-order valence-corrected chi connectivity index (χ2v) is 10.1. The van der Waals surface area contributed by atoms with E-state index >= 15 is 0 Å². The van der Waals surface area contributed by atoms with E-state index in [-0.39, 0.29) is 24.7 Å². The molecule has 0 saturated carbocycles. The molecule has 7 nitrogen and oxygen atoms in total. The van der Waals surface area contributed by atoms with E-state index in [1.54, 1.807) is 25.1 Å². The van der Waals surface area contributed by atoms with E-state index in [0.29, 0.717) is 10.8 Å². The first-order chi connectivity index (χ1) is 16.9. The number of rotatable bonds is 9. The number of nitrogens with one attached hydrogen (secondary N) is 2. The largest absolute Gasteiger partial charge is 0.481 e. The highest BCUT2D eigenvalue weighted by Gasteiger charge is 2.17. The molecule has 0 spiro atoms. The van der Waals surface area contributed by atoms with Crippen LogP contribution >= 0.6 is 23.1 Å². The van der Waals surface area contributed by atoms with Gasteiger partial charge in [-0.1, -0.05) is 42.5 Å². The molecule has 3 N–H and O–H groups in total. The molecule has 3 aromatic carbocycles. The van der Waals surface area contributed by atoms with Crippen molar-refractivity contribution in [1.29, 1.82) is 0 Å². The van der Waals surface area contributed by atoms with Crippen molar-refractivity contribution in [2.24, 2.45) is 0 Å². The number of benzene rings is 3. The number of fused-ring (bicyclic) bond motifs is 1. The molecule has 35 heavy (non-hydrogen) atoms. The fraction of sp³-hybridized carbons (Fsp3) is 0.154. The summed E-state index contributed by atoms with van der Waals surface area (Å²) >= 11 is 2.73. The van der Waals surface area contributed by atoms with Gasteiger partial charge >= 0.3 is 5.97 Å². The topological polar surface area (TPSA) is 108 Å². The van der Waals surface area contributed by atoms with Crippen LogP contribution in [0, 0.1) is 0 Å². The summed E-state index contributed by atoms with van der Waals surface area (Å²) in [6.07, 6.45) is -0.322. The first kappa shape index (κ1) is 24.4. The van der Waals surface area contributed by atoms with Gasteiger partial charge in [-0.05, 0) is 42.0 Å². The Morgan fingerprint density at radius 1 is 0.971 bits per heavy atom. The molecule has 1 atom stereocenters. The van der Waals surface area contributed by atoms with Crippen molar-refractivity contribution in [2.75, 3.05) is 10.6 Å². The lowest BCUT2D eigenvalue weighted by atomic mass is 10.1. The van der Waals surface area contributed by atoms with Crippen LogP contribution in [-0.4, -0.2) is 33.1 Å². The number of thioether (sulfide) groups is 1. The lowest BCUT2D eigenvalue weighted by molar-refractivity contribution is -0.138. The first-order valence-electron chi connectivity index (χ1n) is 10.9. The average Bonchev–Trinajstić information content (AvgIpc) is 3.31. The van der Waals surface area contributed by atoms with E-state index in [1.165, 1.54) is 23.1 Å². The second kappa shape index (κ2) is 11.2. The molecule has 0 bridgehead atoms. The predicted molar refractivity (Wildman–Crippen MR) is 141 cm³/mol. The predicted octanol–water partition coefficient (Wildman–Crippen LogP) is 5.89. The standard InChI is InChI=1S/C26H23N3O4S2/c1-16(35-21-8-4-7-20(14-21)27-23(30)11-12-24(31)32)25(33)29-26-28-22(15-34-26)19-10-9-17-5-2-3-6-18(17)13-19/h2-10,13-16H,11-12H2,1H3,(H,27,30)(H,31,32)(H,28,29,33). The number of aromatic nitrogens is 1. The minimum atomic E-state index is -1.02. The van der Waals surface area contributed by atoms with Crippen molar-refractivity contribution in [2.45, 2.75) is 29.9 Å². The molecule has 4 rings (SSSR count). The summed E-state index contributed by atoms with van der Waals surface area (Å²) in [5.74, 6) is -1.56. The van der Waals surface area contributed by atoms with Gasteiger partial charge in [0.05, 0.1) is 17.4 Å². The first-order valence-corrected chi connectivity index (χ1v) is 12.7. The average molecular weight is 506 g/mol. The lowest BCUT2D eigenvalue weighted by Gasteiger charge is -2.12. The fourth-order valence-electron chi connectivity index (χ4n) is 3.37. The monoisotopic (exact) mass is 505 g/mol. The zero-order valence-corrected chi connectivity index (χ0v) is 20.5. The molecule has 0 radical (unpaired) electrons. The maximum Gasteiger partial charge on any atom is 0.303 e. The third-order valence-electron chi connectivity index (χ3n) is 5.15. The van der Waals surface area contributed by atoms with Crippen LogP contribution in [0.5, 0.6) is 0 Å². The molecule has 178 valence electrons. The van der Waals surface area contributed by atoms with Gasteiger partial charge in [0, 0.05) is 27.9 Å². The Hall–Kier alpha value is -3.69. The van der Waals surface area contributed by atoms with Crippen LogP contribution in [-0.2, 0) is 14.4 Å². The highest BCUT2D eigenvalue weighted by atomic mass is 32.2. The number of aliphatic carboxylic acids is 1. The van der Waals surface area contributed by atoms with E-state index < -0.39 is 11.2 Å². The fourth-order valence-corrected chi connectivity index (χ4v) is 5.02. The van der Waals surface area contributed by atoms with Gasteiger partial charge in [-0.2, -0.15) is 0 Å². The zero-order valence-electron chi connectivity index (χ0n) is 18.9. The molecular weight excluding hydrogens is 482 g/mol. The molecule has 9 heteroatoms. The van der Waals surface area contributed by atoms with Gasteiger partial charge < -0.3 is 15.7 Å². The van der Waals surface area contributed by atoms with Crippen molar-refractivity contribution < 1.29 is 19.5 Å². The molecule has 4 aromatic rings. The third kappa shape index (κ3) is 6.68. The Labute approximate surface area is 210 Å². The van der Waals surface area contributed by atoms with Gasteiger partial charge in [0.1, 0.15) is 0 Å². The van der Waals surface area contributed by atoms with Crippen molar-refractivity contribution >= 4 is 62.5 Å². The quantitative estimate of drug-likeness (QED) is 0.245. The van der Waals surface area contributed by atoms with Crippen LogP contribution in [0.2, 0.25) is 0 Å². The summed E-state index contributed by atoms with van der Waals surface area (Å²) in [6, 6.07) is 21.4. The van der Waals surface area contributed by atoms with E-state index in [1.807, 2.05) is 29.6 Å². The number of amides is 2. The SMILES string of the molecule is CC(Sc1cccc(NC(=O)CCC(=O)O)c1)C(=O)Nc1nc(-c2ccc3ccccc3c2)cs1. The van der Waals surface area contributed by atoms with Gasteiger partial charge in [0.15, 0.2) is 5.13 Å². The van der Waals surface area contributed by atoms with Gasteiger partial charge in [-0.15, -0.1) is 23.1 Å². The number of carboxylic acids is 1. The van der Waals surface area contributed by atoms with Gasteiger partial charge in [-0.3, -0.25) is 14.4 Å². The molecule has 1 heterocycles. The van der Waals surface area contributed by atoms with Crippen LogP contribution in [0.15, 0.2) is 77.0 Å². The van der Waals surface area contributed by atoms with Gasteiger partial charge in [-0.25, -0.2) is 4.98 Å². The van der Waals surface area contributed by atoms with E-state index in [9.17, 15) is 14.4 Å². The molecule has 0 aliphatic rings. The number of hydrogen-bond donors (Lipinski definition) is 3. The lowest BCUT2D eigenvalue weighted by Crippen LogP contribution is -2.22. The van der Waals surface area contributed by atoms with E-state index in [4.69, 9.17) is 5.11 Å². The number of nitrogens with zero attached hydrogens (tertiary/aromatic N) is 1. The molecule has 1 unspecified atom stereocenters. The Balaban J connectivity index is 1.35. The molecule has 1 aromatic heterocycles. The normalized spacial score (nSPS) is 11.7. The van der Waals surface area contributed by atoms with Gasteiger partial charge in [0.2, 0.25) is 11.8 Å². The summed E-state index contributed by atoms with van der Waals surface area (Å²) in [6.45, 7) is 1.80. The third-order valence-corrected chi connectivity index (χ3v) is 7.00. The number of hydrogen-bond acceptors (Lipinski definition) is 6. The Morgan fingerprint density at radius 2 is 1.77 bits per heavy atom. The maximum atomic E-state index is 12.8. The van der Waals surface area contributed by atoms with Crippen molar-refractivity contribution in [3.8, 4) is 11.3 Å². The number of carbonyl (C=O) groups is 3. The molecule has 0 fully saturated rings. The van der Waals surface area contributed by atoms with Crippen molar-refractivity contribution in [1.82, 2.24) is 4.98 Å². The van der Waals surface area contributed by atoms with Crippen LogP contribution in [0.1, 0.15) is 19.8 Å². The highest BCUT2D eigenvalue weighted by molar-refractivity contribution is 8.00. The van der Waals surface area contributed by atoms with E-state index in [2.05, 4.69) is 39.9 Å². The minimum absolute atomic E-state index is 0.0967. The van der Waals surface area contributed by atoms with Crippen LogP contribution < -0.4 is 10.6 Å². The second-order valence-electron chi connectivity index (χ2n) is 7.82. The van der Waals surface area contributed by atoms with Crippen molar-refractivity contribution in [3.05, 3.63) is 72.1 Å². The summed E-state index contributed by atoms with van der Waals surface area (Å²) < 4.78 is 0. The number of thiazole rings is 1. The minimum Gasteiger partial charge on any atom is -0.481 e. The smallest absolute Gasteiger partial charge is 0.303 e. The Kier molecular flexibility index (Phi) is 7.79. The Morgan fingerprint density at radius 3 is 2.57 bits per heavy atom. The molecule has 0 saturated heterocycles. The summed E-state index contributed by atoms with van der Waals surface area (Å²) in [5.41, 5.74) is 2.35. The van der Waals surface area contributed by atoms with Crippen LogP contribution in [0.3, 0.4) is 0 Å². The van der Waals surface area contributed by atoms with Crippen LogP contribution in [0.4, 0.5) is 10.8 Å². The Bertz CT molecular complexity index is 1390. The number of carboxylic acid groups (broad SMARTS) is 1. The van der Waals surface area contributed by atoms with Crippen LogP contribution in [0.25, 0.3) is 22.0 Å².